The maximum atomic E-state index is 14.2. The molecule has 3 aromatic rings. The minimum Gasteiger partial charge on any atom is -0.495 e. The van der Waals surface area contributed by atoms with Crippen LogP contribution in [-0.4, -0.2) is 65.6 Å². The van der Waals surface area contributed by atoms with Gasteiger partial charge in [-0.15, -0.1) is 0 Å². The predicted molar refractivity (Wildman–Crippen MR) is 157 cm³/mol. The molecule has 0 heterocycles. The van der Waals surface area contributed by atoms with E-state index < -0.39 is 40.2 Å². The topological polar surface area (TPSA) is 114 Å². The number of benzene rings is 3. The third-order valence-corrected chi connectivity index (χ3v) is 8.41. The molecule has 10 nitrogen and oxygen atoms in total. The van der Waals surface area contributed by atoms with Crippen LogP contribution in [0.3, 0.4) is 0 Å². The van der Waals surface area contributed by atoms with Crippen LogP contribution in [0, 0.1) is 5.82 Å². The van der Waals surface area contributed by atoms with Crippen LogP contribution in [0.1, 0.15) is 19.4 Å². The number of nitrogens with one attached hydrogen (secondary N) is 1. The lowest BCUT2D eigenvalue weighted by atomic mass is 10.1. The van der Waals surface area contributed by atoms with Crippen molar-refractivity contribution in [1.82, 2.24) is 10.2 Å². The number of nitrogens with zero attached hydrogens (tertiary/aromatic N) is 2. The van der Waals surface area contributed by atoms with Crippen molar-refractivity contribution in [2.75, 3.05) is 38.7 Å². The number of amides is 2. The zero-order valence-corrected chi connectivity index (χ0v) is 25.5. The standard InChI is InChI=1S/C29H33ClFN3O7S/c1-6-32-29(36)19(2)33(17-20-7-10-22(31)11-8-20)28(35)18-34(24-15-21(30)9-13-25(24)39-3)42(37,38)23-12-14-26(40-4)27(16-23)41-5/h7-16,19H,6,17-18H2,1-5H3,(H,32,36)/t19-/m0/s1. The highest BCUT2D eigenvalue weighted by atomic mass is 35.5. The zero-order chi connectivity index (χ0) is 31.0. The minimum absolute atomic E-state index is 0.000491. The van der Waals surface area contributed by atoms with Crippen molar-refractivity contribution in [1.29, 1.82) is 0 Å². The number of likely N-dealkylation sites (N-methyl/N-ethyl adjacent to an activating group) is 1. The van der Waals surface area contributed by atoms with Gasteiger partial charge < -0.3 is 24.4 Å². The molecule has 0 fully saturated rings. The molecule has 0 bridgehead atoms. The molecule has 42 heavy (non-hydrogen) atoms. The number of hydrogen-bond acceptors (Lipinski definition) is 7. The van der Waals surface area contributed by atoms with Crippen molar-refractivity contribution in [3.63, 3.8) is 0 Å². The normalized spacial score (nSPS) is 11.8. The van der Waals surface area contributed by atoms with Crippen LogP contribution in [0.15, 0.2) is 65.6 Å². The smallest absolute Gasteiger partial charge is 0.265 e. The van der Waals surface area contributed by atoms with Gasteiger partial charge in [-0.1, -0.05) is 23.7 Å². The van der Waals surface area contributed by atoms with E-state index in [1.807, 2.05) is 0 Å². The molecule has 0 aromatic heterocycles. The van der Waals surface area contributed by atoms with Gasteiger partial charge >= 0.3 is 0 Å². The molecule has 0 saturated heterocycles. The van der Waals surface area contributed by atoms with Crippen molar-refractivity contribution in [3.05, 3.63) is 77.1 Å². The maximum absolute atomic E-state index is 14.2. The number of sulfonamides is 1. The summed E-state index contributed by atoms with van der Waals surface area (Å²) in [5.74, 6) is -1.01. The van der Waals surface area contributed by atoms with Gasteiger partial charge in [0.15, 0.2) is 11.5 Å². The van der Waals surface area contributed by atoms with Gasteiger partial charge in [0.2, 0.25) is 11.8 Å². The van der Waals surface area contributed by atoms with E-state index in [9.17, 15) is 22.4 Å². The number of anilines is 1. The summed E-state index contributed by atoms with van der Waals surface area (Å²) in [7, 11) is -0.325. The van der Waals surface area contributed by atoms with Crippen LogP contribution in [0.2, 0.25) is 5.02 Å². The van der Waals surface area contributed by atoms with Crippen LogP contribution in [-0.2, 0) is 26.2 Å². The van der Waals surface area contributed by atoms with Crippen LogP contribution < -0.4 is 23.8 Å². The third-order valence-electron chi connectivity index (χ3n) is 6.42. The first kappa shape index (κ1) is 32.5. The summed E-state index contributed by atoms with van der Waals surface area (Å²) in [6.07, 6.45) is 0. The molecule has 0 aliphatic heterocycles. The molecule has 0 saturated carbocycles. The van der Waals surface area contributed by atoms with E-state index in [-0.39, 0.29) is 33.6 Å². The molecule has 0 aliphatic rings. The summed E-state index contributed by atoms with van der Waals surface area (Å²) in [4.78, 5) is 27.8. The average Bonchev–Trinajstić information content (AvgIpc) is 2.98. The Kier molecular flexibility index (Phi) is 11.0. The Morgan fingerprint density at radius 1 is 0.929 bits per heavy atom. The maximum Gasteiger partial charge on any atom is 0.265 e. The monoisotopic (exact) mass is 621 g/mol. The van der Waals surface area contributed by atoms with Crippen LogP contribution in [0.25, 0.3) is 0 Å². The highest BCUT2D eigenvalue weighted by Crippen LogP contribution is 2.37. The fourth-order valence-corrected chi connectivity index (χ4v) is 5.77. The Balaban J connectivity index is 2.14. The SMILES string of the molecule is CCNC(=O)[C@H](C)N(Cc1ccc(F)cc1)C(=O)CN(c1cc(Cl)ccc1OC)S(=O)(=O)c1ccc(OC)c(OC)c1. The second-order valence-electron chi connectivity index (χ2n) is 9.06. The van der Waals surface area contributed by atoms with Gasteiger partial charge in [-0.2, -0.15) is 0 Å². The first-order chi connectivity index (χ1) is 20.0. The van der Waals surface area contributed by atoms with E-state index in [0.717, 1.165) is 4.31 Å². The van der Waals surface area contributed by atoms with Crippen molar-refractivity contribution < 1.29 is 36.6 Å². The highest BCUT2D eigenvalue weighted by Gasteiger charge is 2.34. The van der Waals surface area contributed by atoms with E-state index in [1.54, 1.807) is 6.92 Å². The minimum atomic E-state index is -4.46. The number of halogens is 2. The molecule has 0 spiro atoms. The Labute approximate surface area is 250 Å². The highest BCUT2D eigenvalue weighted by molar-refractivity contribution is 7.92. The van der Waals surface area contributed by atoms with Crippen molar-refractivity contribution in [2.45, 2.75) is 31.3 Å². The van der Waals surface area contributed by atoms with Crippen LogP contribution >= 0.6 is 11.6 Å². The number of rotatable bonds is 13. The molecule has 13 heteroatoms. The quantitative estimate of drug-likeness (QED) is 0.303. The average molecular weight is 622 g/mol. The molecule has 0 radical (unpaired) electrons. The molecular formula is C29H33ClFN3O7S. The summed E-state index contributed by atoms with van der Waals surface area (Å²) < 4.78 is 58.8. The lowest BCUT2D eigenvalue weighted by Gasteiger charge is -2.32. The molecule has 226 valence electrons. The summed E-state index contributed by atoms with van der Waals surface area (Å²) in [6, 6.07) is 12.8. The van der Waals surface area contributed by atoms with Gasteiger partial charge in [-0.25, -0.2) is 12.8 Å². The number of hydrogen-bond donors (Lipinski definition) is 1. The van der Waals surface area contributed by atoms with E-state index in [4.69, 9.17) is 25.8 Å². The van der Waals surface area contributed by atoms with Gasteiger partial charge in [-0.3, -0.25) is 13.9 Å². The molecule has 3 rings (SSSR count). The second kappa shape index (κ2) is 14.2. The Hall–Kier alpha value is -4.03. The number of ether oxygens (including phenoxy) is 3. The first-order valence-corrected chi connectivity index (χ1v) is 14.7. The summed E-state index contributed by atoms with van der Waals surface area (Å²) in [5.41, 5.74) is 0.538. The van der Waals surface area contributed by atoms with Crippen LogP contribution in [0.4, 0.5) is 10.1 Å². The van der Waals surface area contributed by atoms with E-state index in [1.165, 1.54) is 93.8 Å². The fraction of sp³-hybridized carbons (Fsp3) is 0.310. The Bertz CT molecular complexity index is 1520. The largest absolute Gasteiger partial charge is 0.495 e. The van der Waals surface area contributed by atoms with E-state index in [2.05, 4.69) is 5.32 Å². The molecule has 1 N–H and O–H groups in total. The summed E-state index contributed by atoms with van der Waals surface area (Å²) in [6.45, 7) is 2.77. The summed E-state index contributed by atoms with van der Waals surface area (Å²) in [5, 5.41) is 2.88. The second-order valence-corrected chi connectivity index (χ2v) is 11.4. The Morgan fingerprint density at radius 3 is 2.14 bits per heavy atom. The van der Waals surface area contributed by atoms with Crippen molar-refractivity contribution in [3.8, 4) is 17.2 Å². The third kappa shape index (κ3) is 7.42. The van der Waals surface area contributed by atoms with Gasteiger partial charge in [0.1, 0.15) is 24.2 Å². The molecular weight excluding hydrogens is 589 g/mol. The zero-order valence-electron chi connectivity index (χ0n) is 23.9. The number of carbonyl (C=O) groups excluding carboxylic acids is 2. The Morgan fingerprint density at radius 2 is 1.55 bits per heavy atom. The number of methoxy groups -OCH3 is 3. The lowest BCUT2D eigenvalue weighted by molar-refractivity contribution is -0.139. The van der Waals surface area contributed by atoms with Gasteiger partial charge in [0, 0.05) is 24.2 Å². The number of carbonyl (C=O) groups is 2. The first-order valence-electron chi connectivity index (χ1n) is 12.9. The van der Waals surface area contributed by atoms with E-state index >= 15 is 0 Å². The molecule has 0 unspecified atom stereocenters. The summed E-state index contributed by atoms with van der Waals surface area (Å²) >= 11 is 6.25. The van der Waals surface area contributed by atoms with Crippen LogP contribution in [0.5, 0.6) is 17.2 Å². The predicted octanol–water partition coefficient (Wildman–Crippen LogP) is 4.25. The van der Waals surface area contributed by atoms with Gasteiger partial charge in [-0.05, 0) is 61.9 Å². The molecule has 1 atom stereocenters. The van der Waals surface area contributed by atoms with Gasteiger partial charge in [0.25, 0.3) is 10.0 Å². The lowest BCUT2D eigenvalue weighted by Crippen LogP contribution is -2.51. The molecule has 2 amide bonds. The van der Waals surface area contributed by atoms with Crippen molar-refractivity contribution >= 4 is 39.1 Å². The van der Waals surface area contributed by atoms with Gasteiger partial charge in [0.05, 0.1) is 31.9 Å². The van der Waals surface area contributed by atoms with E-state index in [0.29, 0.717) is 17.9 Å². The van der Waals surface area contributed by atoms with Crippen molar-refractivity contribution in [2.24, 2.45) is 0 Å². The fourth-order valence-electron chi connectivity index (χ4n) is 4.17. The molecule has 3 aromatic carbocycles. The molecule has 0 aliphatic carbocycles.